The van der Waals surface area contributed by atoms with Gasteiger partial charge in [0.05, 0.1) is 23.0 Å². The third-order valence-corrected chi connectivity index (χ3v) is 6.58. The van der Waals surface area contributed by atoms with E-state index in [1.54, 1.807) is 19.0 Å². The molecule has 0 saturated carbocycles. The van der Waals surface area contributed by atoms with E-state index in [0.29, 0.717) is 6.07 Å². The van der Waals surface area contributed by atoms with Crippen molar-refractivity contribution in [2.45, 2.75) is 32.3 Å². The molecule has 0 radical (unpaired) electrons. The average molecular weight is 612 g/mol. The van der Waals surface area contributed by atoms with Crippen molar-refractivity contribution in [3.05, 3.63) is 46.9 Å². The lowest BCUT2D eigenvalue weighted by Crippen LogP contribution is -2.40. The summed E-state index contributed by atoms with van der Waals surface area (Å²) in [4.78, 5) is 22.0. The molecule has 226 valence electrons. The van der Waals surface area contributed by atoms with Crippen molar-refractivity contribution in [1.82, 2.24) is 14.8 Å². The van der Waals surface area contributed by atoms with Crippen molar-refractivity contribution in [2.24, 2.45) is 0 Å². The monoisotopic (exact) mass is 611 g/mol. The molecular formula is C25H28F7N5O3S. The first kappa shape index (κ1) is 32.3. The number of ether oxygens (including phenoxy) is 1. The van der Waals surface area contributed by atoms with Crippen molar-refractivity contribution in [1.29, 1.82) is 0 Å². The predicted molar refractivity (Wildman–Crippen MR) is 140 cm³/mol. The van der Waals surface area contributed by atoms with Crippen LogP contribution in [0.25, 0.3) is 0 Å². The Balaban J connectivity index is 2.10. The molecule has 1 fully saturated rings. The second kappa shape index (κ2) is 12.3. The SMILES string of the molecule is CCN(C(=O)Oc1c(N2CCN(CC(O)CN(C)C)C2=S)cc(C(F)(F)F)cc1C(F)(F)F)c1ccc(F)c(C)n1. The number of hydrogen-bond acceptors (Lipinski definition) is 6. The molecule has 2 aromatic rings. The van der Waals surface area contributed by atoms with Crippen LogP contribution in [0, 0.1) is 12.7 Å². The van der Waals surface area contributed by atoms with E-state index in [-0.39, 0.29) is 55.4 Å². The van der Waals surface area contributed by atoms with Crippen molar-refractivity contribution in [2.75, 3.05) is 56.6 Å². The molecule has 1 aliphatic rings. The Morgan fingerprint density at radius 3 is 2.34 bits per heavy atom. The lowest BCUT2D eigenvalue weighted by molar-refractivity contribution is -0.143. The molecule has 1 amide bonds. The number of nitrogens with zero attached hydrogens (tertiary/aromatic N) is 5. The van der Waals surface area contributed by atoms with Gasteiger partial charge in [0.1, 0.15) is 17.2 Å². The summed E-state index contributed by atoms with van der Waals surface area (Å²) in [6.07, 6.45) is -12.8. The number of likely N-dealkylation sites (N-methyl/N-ethyl adjacent to an activating group) is 1. The van der Waals surface area contributed by atoms with Crippen LogP contribution in [0.2, 0.25) is 0 Å². The van der Waals surface area contributed by atoms with Gasteiger partial charge in [-0.3, -0.25) is 4.90 Å². The van der Waals surface area contributed by atoms with Crippen molar-refractivity contribution >= 4 is 34.9 Å². The Labute approximate surface area is 236 Å². The molecule has 3 rings (SSSR count). The van der Waals surface area contributed by atoms with Gasteiger partial charge in [-0.05, 0) is 64.4 Å². The Morgan fingerprint density at radius 1 is 1.15 bits per heavy atom. The number of aryl methyl sites for hydroxylation is 1. The highest BCUT2D eigenvalue weighted by Gasteiger charge is 2.43. The Morgan fingerprint density at radius 2 is 1.80 bits per heavy atom. The third kappa shape index (κ3) is 7.54. The number of thiocarbonyl (C=S) groups is 1. The summed E-state index contributed by atoms with van der Waals surface area (Å²) in [7, 11) is 3.42. The van der Waals surface area contributed by atoms with Gasteiger partial charge < -0.3 is 24.5 Å². The number of benzene rings is 1. The predicted octanol–water partition coefficient (Wildman–Crippen LogP) is 4.92. The summed E-state index contributed by atoms with van der Waals surface area (Å²) in [6.45, 7) is 2.71. The Kier molecular flexibility index (Phi) is 9.70. The first-order valence-electron chi connectivity index (χ1n) is 12.3. The minimum Gasteiger partial charge on any atom is -0.407 e. The standard InChI is InChI=1S/C25H28F7N5O3S/c1-5-36(20-7-6-18(26)14(2)33-20)23(39)40-21-17(25(30,31)32)10-15(24(27,28)29)11-19(21)37-9-8-35(22(37)41)13-16(38)12-34(3)4/h6-7,10-11,16,38H,5,8-9,12-13H2,1-4H3. The highest BCUT2D eigenvalue weighted by atomic mass is 32.1. The van der Waals surface area contributed by atoms with Gasteiger partial charge in [0.15, 0.2) is 10.9 Å². The molecule has 1 aromatic carbocycles. The molecule has 1 aliphatic heterocycles. The van der Waals surface area contributed by atoms with Crippen LogP contribution < -0.4 is 14.5 Å². The average Bonchev–Trinajstić information content (AvgIpc) is 3.19. The Bertz CT molecular complexity index is 1290. The molecule has 1 aromatic heterocycles. The largest absolute Gasteiger partial charge is 0.421 e. The third-order valence-electron chi connectivity index (χ3n) is 6.10. The summed E-state index contributed by atoms with van der Waals surface area (Å²) in [5, 5.41) is 10.1. The smallest absolute Gasteiger partial charge is 0.407 e. The number of aliphatic hydroxyl groups excluding tert-OH is 1. The highest BCUT2D eigenvalue weighted by Crippen LogP contribution is 2.47. The number of β-amino-alcohol motifs (C(OH)–C–C–N with tert-alkyl or cyclic N) is 1. The zero-order valence-corrected chi connectivity index (χ0v) is 23.3. The fraction of sp³-hybridized carbons (Fsp3) is 0.480. The fourth-order valence-corrected chi connectivity index (χ4v) is 4.57. The van der Waals surface area contributed by atoms with Crippen LogP contribution in [0.5, 0.6) is 5.75 Å². The van der Waals surface area contributed by atoms with E-state index in [1.807, 2.05) is 0 Å². The van der Waals surface area contributed by atoms with Crippen LogP contribution in [0.4, 0.5) is 47.0 Å². The summed E-state index contributed by atoms with van der Waals surface area (Å²) in [5.41, 5.74) is -4.30. The number of aromatic nitrogens is 1. The number of aliphatic hydroxyl groups is 1. The molecule has 8 nitrogen and oxygen atoms in total. The van der Waals surface area contributed by atoms with E-state index in [0.717, 1.165) is 21.9 Å². The molecule has 0 bridgehead atoms. The van der Waals surface area contributed by atoms with Gasteiger partial charge in [0, 0.05) is 32.7 Å². The van der Waals surface area contributed by atoms with Gasteiger partial charge in [-0.2, -0.15) is 26.3 Å². The zero-order chi connectivity index (χ0) is 30.9. The molecule has 1 unspecified atom stereocenters. The molecule has 1 saturated heterocycles. The van der Waals surface area contributed by atoms with Crippen molar-refractivity contribution in [3.63, 3.8) is 0 Å². The summed E-state index contributed by atoms with van der Waals surface area (Å²) < 4.78 is 103. The van der Waals surface area contributed by atoms with Crippen LogP contribution in [0.1, 0.15) is 23.7 Å². The second-order valence-corrected chi connectivity index (χ2v) is 9.88. The summed E-state index contributed by atoms with van der Waals surface area (Å²) in [6, 6.07) is 2.40. The maximum absolute atomic E-state index is 14.2. The number of anilines is 2. The molecule has 2 heterocycles. The van der Waals surface area contributed by atoms with E-state index in [2.05, 4.69) is 4.98 Å². The summed E-state index contributed by atoms with van der Waals surface area (Å²) >= 11 is 5.37. The molecule has 1 atom stereocenters. The minimum atomic E-state index is -5.36. The van der Waals surface area contributed by atoms with Crippen LogP contribution in [0.3, 0.4) is 0 Å². The van der Waals surface area contributed by atoms with Gasteiger partial charge in [0.25, 0.3) is 0 Å². The number of alkyl halides is 6. The van der Waals surface area contributed by atoms with Gasteiger partial charge in [0.2, 0.25) is 0 Å². The van der Waals surface area contributed by atoms with Crippen molar-refractivity contribution < 1.29 is 45.4 Å². The highest BCUT2D eigenvalue weighted by molar-refractivity contribution is 7.80. The molecular weight excluding hydrogens is 583 g/mol. The molecule has 0 spiro atoms. The van der Waals surface area contributed by atoms with Gasteiger partial charge in [-0.1, -0.05) is 0 Å². The van der Waals surface area contributed by atoms with E-state index in [9.17, 15) is 40.6 Å². The van der Waals surface area contributed by atoms with Crippen LogP contribution >= 0.6 is 12.2 Å². The molecule has 1 N–H and O–H groups in total. The quantitative estimate of drug-likeness (QED) is 0.333. The molecule has 0 aliphatic carbocycles. The van der Waals surface area contributed by atoms with E-state index < -0.39 is 52.9 Å². The number of carbonyl (C=O) groups is 1. The number of halogens is 7. The number of carbonyl (C=O) groups excluding carboxylic acids is 1. The second-order valence-electron chi connectivity index (χ2n) is 9.51. The number of pyridine rings is 1. The number of hydrogen-bond donors (Lipinski definition) is 1. The molecule has 41 heavy (non-hydrogen) atoms. The topological polar surface area (TPSA) is 72.4 Å². The normalized spacial score (nSPS) is 15.1. The maximum atomic E-state index is 14.2. The molecule has 16 heteroatoms. The minimum absolute atomic E-state index is 0.0348. The van der Waals surface area contributed by atoms with Gasteiger partial charge in [-0.25, -0.2) is 14.2 Å². The maximum Gasteiger partial charge on any atom is 0.421 e. The number of amides is 1. The van der Waals surface area contributed by atoms with Gasteiger partial charge >= 0.3 is 18.4 Å². The van der Waals surface area contributed by atoms with E-state index >= 15 is 0 Å². The lowest BCUT2D eigenvalue weighted by Gasteiger charge is -2.28. The first-order valence-corrected chi connectivity index (χ1v) is 12.7. The van der Waals surface area contributed by atoms with E-state index in [1.165, 1.54) is 18.7 Å². The first-order chi connectivity index (χ1) is 18.9. The van der Waals surface area contributed by atoms with Gasteiger partial charge in [-0.15, -0.1) is 0 Å². The fourth-order valence-electron chi connectivity index (χ4n) is 4.21. The number of rotatable bonds is 8. The summed E-state index contributed by atoms with van der Waals surface area (Å²) in [5.74, 6) is -2.02. The van der Waals surface area contributed by atoms with Crippen molar-refractivity contribution in [3.8, 4) is 5.75 Å². The van der Waals surface area contributed by atoms with Crippen LogP contribution in [-0.2, 0) is 12.4 Å². The lowest BCUT2D eigenvalue weighted by atomic mass is 10.1. The Hall–Kier alpha value is -3.24. The zero-order valence-electron chi connectivity index (χ0n) is 22.5. The van der Waals surface area contributed by atoms with E-state index in [4.69, 9.17) is 17.0 Å². The van der Waals surface area contributed by atoms with Crippen LogP contribution in [-0.4, -0.2) is 84.0 Å². The van der Waals surface area contributed by atoms with Crippen LogP contribution in [0.15, 0.2) is 24.3 Å².